The van der Waals surface area contributed by atoms with Gasteiger partial charge < -0.3 is 5.32 Å². The summed E-state index contributed by atoms with van der Waals surface area (Å²) in [6, 6.07) is 2.23. The predicted octanol–water partition coefficient (Wildman–Crippen LogP) is 2.85. The smallest absolute Gasteiger partial charge is 0.0767 e. The van der Waals surface area contributed by atoms with Crippen LogP contribution in [0.15, 0.2) is 4.47 Å². The van der Waals surface area contributed by atoms with Crippen LogP contribution < -0.4 is 5.32 Å². The normalized spacial score (nSPS) is 28.5. The van der Waals surface area contributed by atoms with E-state index in [2.05, 4.69) is 56.8 Å². The van der Waals surface area contributed by atoms with Crippen LogP contribution in [-0.4, -0.2) is 39.4 Å². The lowest BCUT2D eigenvalue weighted by Crippen LogP contribution is -2.48. The fourth-order valence-corrected chi connectivity index (χ4v) is 4.75. The van der Waals surface area contributed by atoms with Crippen LogP contribution in [0.2, 0.25) is 0 Å². The van der Waals surface area contributed by atoms with E-state index in [1.54, 1.807) is 0 Å². The van der Waals surface area contributed by atoms with E-state index in [-0.39, 0.29) is 0 Å². The fraction of sp³-hybridized carbons (Fsp3) is 0.812. The summed E-state index contributed by atoms with van der Waals surface area (Å²) in [6.45, 7) is 6.57. The van der Waals surface area contributed by atoms with E-state index in [0.717, 1.165) is 37.6 Å². The van der Waals surface area contributed by atoms with E-state index in [1.807, 2.05) is 0 Å². The van der Waals surface area contributed by atoms with E-state index in [4.69, 9.17) is 0 Å². The molecule has 0 saturated carbocycles. The summed E-state index contributed by atoms with van der Waals surface area (Å²) in [6.07, 6.45) is 6.33. The zero-order chi connectivity index (χ0) is 15.0. The fourth-order valence-electron chi connectivity index (χ4n) is 4.01. The van der Waals surface area contributed by atoms with Crippen LogP contribution in [0.25, 0.3) is 0 Å². The summed E-state index contributed by atoms with van der Waals surface area (Å²) in [4.78, 5) is 2.65. The maximum absolute atomic E-state index is 4.63. The van der Waals surface area contributed by atoms with Gasteiger partial charge in [-0.05, 0) is 54.6 Å². The number of rotatable bonds is 5. The number of nitrogens with one attached hydrogen (secondary N) is 1. The monoisotopic (exact) mass is 354 g/mol. The van der Waals surface area contributed by atoms with Gasteiger partial charge >= 0.3 is 0 Å². The highest BCUT2D eigenvalue weighted by Crippen LogP contribution is 2.31. The van der Waals surface area contributed by atoms with Crippen molar-refractivity contribution in [2.45, 2.75) is 70.6 Å². The Morgan fingerprint density at radius 1 is 1.29 bits per heavy atom. The molecule has 1 aromatic rings. The highest BCUT2D eigenvalue weighted by atomic mass is 79.9. The molecule has 3 rings (SSSR count). The average Bonchev–Trinajstić information content (AvgIpc) is 2.96. The van der Waals surface area contributed by atoms with Crippen LogP contribution >= 0.6 is 15.9 Å². The van der Waals surface area contributed by atoms with Crippen molar-refractivity contribution in [1.82, 2.24) is 20.0 Å². The van der Waals surface area contributed by atoms with Gasteiger partial charge in [-0.2, -0.15) is 5.10 Å². The van der Waals surface area contributed by atoms with Gasteiger partial charge in [0.1, 0.15) is 0 Å². The molecule has 1 aromatic heterocycles. The molecule has 3 heterocycles. The van der Waals surface area contributed by atoms with E-state index in [1.165, 1.54) is 41.5 Å². The van der Waals surface area contributed by atoms with Crippen LogP contribution in [0, 0.1) is 0 Å². The second-order valence-corrected chi connectivity index (χ2v) is 7.30. The highest BCUT2D eigenvalue weighted by Gasteiger charge is 2.36. The summed E-state index contributed by atoms with van der Waals surface area (Å²) < 4.78 is 3.27. The minimum atomic E-state index is 0.723. The molecule has 2 saturated heterocycles. The Kier molecular flexibility index (Phi) is 4.71. The van der Waals surface area contributed by atoms with Crippen molar-refractivity contribution in [3.63, 3.8) is 0 Å². The van der Waals surface area contributed by atoms with Crippen LogP contribution in [0.3, 0.4) is 0 Å². The maximum Gasteiger partial charge on any atom is 0.0767 e. The van der Waals surface area contributed by atoms with Crippen molar-refractivity contribution < 1.29 is 0 Å². The third kappa shape index (κ3) is 3.06. The molecule has 4 nitrogen and oxygen atoms in total. The summed E-state index contributed by atoms with van der Waals surface area (Å²) in [5.74, 6) is 0. The Labute approximate surface area is 136 Å². The van der Waals surface area contributed by atoms with Crippen LogP contribution in [-0.2, 0) is 20.0 Å². The van der Waals surface area contributed by atoms with Gasteiger partial charge in [0, 0.05) is 31.7 Å². The van der Waals surface area contributed by atoms with Gasteiger partial charge in [-0.3, -0.25) is 9.58 Å². The highest BCUT2D eigenvalue weighted by molar-refractivity contribution is 9.10. The molecule has 0 radical (unpaired) electrons. The molecule has 0 spiro atoms. The summed E-state index contributed by atoms with van der Waals surface area (Å²) in [7, 11) is 2.07. The molecule has 2 unspecified atom stereocenters. The van der Waals surface area contributed by atoms with Gasteiger partial charge in [-0.1, -0.05) is 13.8 Å². The number of hydrogen-bond acceptors (Lipinski definition) is 3. The Balaban J connectivity index is 1.74. The first-order chi connectivity index (χ1) is 10.1. The first-order valence-corrected chi connectivity index (χ1v) is 9.12. The molecule has 1 N–H and O–H groups in total. The maximum atomic E-state index is 4.63. The van der Waals surface area contributed by atoms with Crippen molar-refractivity contribution in [2.24, 2.45) is 7.05 Å². The molecule has 0 aromatic carbocycles. The van der Waals surface area contributed by atoms with Crippen LogP contribution in [0.4, 0.5) is 0 Å². The molecule has 0 aliphatic carbocycles. The molecular weight excluding hydrogens is 328 g/mol. The standard InChI is InChI=1S/C16H27BrN4/c1-4-14-16(17)15(20(3)19-14)10-21(5-2)13-8-11-6-7-12(9-13)18-11/h11-13,18H,4-10H2,1-3H3. The number of piperidine rings is 1. The number of fused-ring (bicyclic) bond motifs is 2. The molecule has 2 fully saturated rings. The zero-order valence-corrected chi connectivity index (χ0v) is 15.0. The molecule has 5 heteroatoms. The summed E-state index contributed by atoms with van der Waals surface area (Å²) >= 11 is 3.76. The van der Waals surface area contributed by atoms with E-state index >= 15 is 0 Å². The molecule has 21 heavy (non-hydrogen) atoms. The second-order valence-electron chi connectivity index (χ2n) is 6.51. The number of nitrogens with zero attached hydrogens (tertiary/aromatic N) is 3. The molecule has 0 amide bonds. The summed E-state index contributed by atoms with van der Waals surface area (Å²) in [5, 5.41) is 8.38. The van der Waals surface area contributed by atoms with Gasteiger partial charge in [-0.25, -0.2) is 0 Å². The molecule has 2 atom stereocenters. The quantitative estimate of drug-likeness (QED) is 0.882. The Hall–Kier alpha value is -0.390. The number of halogens is 1. The second kappa shape index (κ2) is 6.39. The lowest BCUT2D eigenvalue weighted by molar-refractivity contribution is 0.137. The Morgan fingerprint density at radius 2 is 1.95 bits per heavy atom. The van der Waals surface area contributed by atoms with Crippen LogP contribution in [0.1, 0.15) is 50.9 Å². The number of hydrogen-bond donors (Lipinski definition) is 1. The lowest BCUT2D eigenvalue weighted by atomic mass is 9.98. The molecular formula is C16H27BrN4. The Morgan fingerprint density at radius 3 is 2.48 bits per heavy atom. The Bertz CT molecular complexity index is 487. The van der Waals surface area contributed by atoms with Gasteiger partial charge in [0.2, 0.25) is 0 Å². The van der Waals surface area contributed by atoms with Crippen molar-refractivity contribution in [3.8, 4) is 0 Å². The molecule has 2 aliphatic heterocycles. The van der Waals surface area contributed by atoms with Crippen molar-refractivity contribution in [3.05, 3.63) is 15.9 Å². The minimum absolute atomic E-state index is 0.723. The number of aryl methyl sites for hydroxylation is 2. The SMILES string of the molecule is CCc1nn(C)c(CN(CC)C2CC3CCC(C2)N3)c1Br. The van der Waals surface area contributed by atoms with Gasteiger partial charge in [0.15, 0.2) is 0 Å². The van der Waals surface area contributed by atoms with E-state index < -0.39 is 0 Å². The third-order valence-electron chi connectivity index (χ3n) is 5.23. The van der Waals surface area contributed by atoms with Crippen molar-refractivity contribution >= 4 is 15.9 Å². The number of aromatic nitrogens is 2. The first kappa shape index (κ1) is 15.5. The first-order valence-electron chi connectivity index (χ1n) is 8.32. The van der Waals surface area contributed by atoms with Crippen molar-refractivity contribution in [2.75, 3.05) is 6.54 Å². The van der Waals surface area contributed by atoms with Crippen LogP contribution in [0.5, 0.6) is 0 Å². The largest absolute Gasteiger partial charge is 0.311 e. The molecule has 2 aliphatic rings. The average molecular weight is 355 g/mol. The van der Waals surface area contributed by atoms with E-state index in [0.29, 0.717) is 0 Å². The predicted molar refractivity (Wildman–Crippen MR) is 89.3 cm³/mol. The topological polar surface area (TPSA) is 33.1 Å². The lowest BCUT2D eigenvalue weighted by Gasteiger charge is -2.37. The minimum Gasteiger partial charge on any atom is -0.311 e. The van der Waals surface area contributed by atoms with Crippen molar-refractivity contribution in [1.29, 1.82) is 0 Å². The molecule has 2 bridgehead atoms. The van der Waals surface area contributed by atoms with Gasteiger partial charge in [-0.15, -0.1) is 0 Å². The van der Waals surface area contributed by atoms with E-state index in [9.17, 15) is 0 Å². The third-order valence-corrected chi connectivity index (χ3v) is 6.14. The van der Waals surface area contributed by atoms with Gasteiger partial charge in [0.05, 0.1) is 15.9 Å². The molecule has 118 valence electrons. The van der Waals surface area contributed by atoms with Gasteiger partial charge in [0.25, 0.3) is 0 Å². The summed E-state index contributed by atoms with van der Waals surface area (Å²) in [5.41, 5.74) is 2.49. The zero-order valence-electron chi connectivity index (χ0n) is 13.4.